The van der Waals surface area contributed by atoms with Gasteiger partial charge in [-0.2, -0.15) is 0 Å². The summed E-state index contributed by atoms with van der Waals surface area (Å²) in [6, 6.07) is 0. The molecular weight excluding hydrogens is 195 g/mol. The highest BCUT2D eigenvalue weighted by Crippen LogP contribution is 2.37. The van der Waals surface area contributed by atoms with E-state index in [1.807, 2.05) is 21.1 Å². The van der Waals surface area contributed by atoms with Gasteiger partial charge in [0, 0.05) is 0 Å². The number of rotatable bonds is 6. The highest BCUT2D eigenvalue weighted by atomic mass is 31.2. The van der Waals surface area contributed by atoms with Crippen LogP contribution < -0.4 is 10.6 Å². The predicted octanol–water partition coefficient (Wildman–Crippen LogP) is -0.890. The summed E-state index contributed by atoms with van der Waals surface area (Å²) in [7, 11) is 1.64. The van der Waals surface area contributed by atoms with Crippen molar-refractivity contribution in [3.05, 3.63) is 0 Å². The zero-order chi connectivity index (χ0) is 10.5. The number of hydrogen-bond acceptors (Lipinski definition) is 5. The number of phosphoric acid groups is 1. The zero-order valence-electron chi connectivity index (χ0n) is 8.23. The van der Waals surface area contributed by atoms with Crippen molar-refractivity contribution in [2.75, 3.05) is 41.0 Å². The average Bonchev–Trinajstić information content (AvgIpc) is 1.82. The average molecular weight is 212 g/mol. The Hall–Kier alpha value is 0.0300. The van der Waals surface area contributed by atoms with Gasteiger partial charge >= 0.3 is 0 Å². The third-order valence-electron chi connectivity index (χ3n) is 1.24. The van der Waals surface area contributed by atoms with Crippen LogP contribution in [0.15, 0.2) is 0 Å². The predicted molar refractivity (Wildman–Crippen MR) is 46.6 cm³/mol. The molecule has 0 saturated carbocycles. The van der Waals surface area contributed by atoms with Crippen molar-refractivity contribution in [3.63, 3.8) is 0 Å². The summed E-state index contributed by atoms with van der Waals surface area (Å²) < 4.78 is 20.2. The fourth-order valence-electron chi connectivity index (χ4n) is 0.555. The van der Waals surface area contributed by atoms with E-state index in [1.165, 1.54) is 0 Å². The number of nitrogens with zero attached hydrogens (tertiary/aromatic N) is 1. The van der Waals surface area contributed by atoms with Gasteiger partial charge in [-0.05, 0) is 0 Å². The van der Waals surface area contributed by atoms with Gasteiger partial charge < -0.3 is 24.2 Å². The molecule has 0 spiro atoms. The maximum absolute atomic E-state index is 10.8. The normalized spacial score (nSPS) is 17.0. The monoisotopic (exact) mass is 212 g/mol. The number of phosphoric ester groups is 1. The lowest BCUT2D eigenvalue weighted by Crippen LogP contribution is -2.37. The Bertz CT molecular complexity index is 192. The van der Waals surface area contributed by atoms with Crippen LogP contribution in [0.1, 0.15) is 0 Å². The van der Waals surface area contributed by atoms with E-state index in [-0.39, 0.29) is 13.3 Å². The van der Waals surface area contributed by atoms with E-state index in [9.17, 15) is 9.46 Å². The zero-order valence-corrected chi connectivity index (χ0v) is 9.12. The molecule has 0 rings (SSSR count). The molecule has 1 atom stereocenters. The Kier molecular flexibility index (Phi) is 5.06. The van der Waals surface area contributed by atoms with Gasteiger partial charge in [0.1, 0.15) is 19.9 Å². The largest absolute Gasteiger partial charge is 0.756 e. The second-order valence-electron chi connectivity index (χ2n) is 3.59. The van der Waals surface area contributed by atoms with E-state index >= 15 is 0 Å². The standard InChI is InChI=1S/C6H17N2O4P/c1-8(2,3)4-5-11-13(9,10)12-6-7/h4-7H2,1-3H3. The van der Waals surface area contributed by atoms with Gasteiger partial charge in [-0.15, -0.1) is 0 Å². The fraction of sp³-hybridized carbons (Fsp3) is 1.00. The van der Waals surface area contributed by atoms with Crippen LogP contribution in [0.25, 0.3) is 0 Å². The highest BCUT2D eigenvalue weighted by Gasteiger charge is 2.12. The van der Waals surface area contributed by atoms with Crippen molar-refractivity contribution in [2.24, 2.45) is 5.73 Å². The number of nitrogens with two attached hydrogens (primary N) is 1. The molecule has 0 amide bonds. The molecule has 0 aliphatic rings. The first-order valence-corrected chi connectivity index (χ1v) is 5.33. The fourth-order valence-corrected chi connectivity index (χ4v) is 1.12. The molecule has 0 radical (unpaired) electrons. The van der Waals surface area contributed by atoms with Gasteiger partial charge in [0.2, 0.25) is 0 Å². The van der Waals surface area contributed by atoms with Gasteiger partial charge in [0.05, 0.1) is 21.1 Å². The quantitative estimate of drug-likeness (QED) is 0.351. The molecule has 6 nitrogen and oxygen atoms in total. The summed E-state index contributed by atoms with van der Waals surface area (Å²) in [5.74, 6) is 0. The smallest absolute Gasteiger partial charge is 0.269 e. The maximum atomic E-state index is 10.8. The molecule has 1 unspecified atom stereocenters. The molecule has 7 heteroatoms. The summed E-state index contributed by atoms with van der Waals surface area (Å²) >= 11 is 0. The third kappa shape index (κ3) is 8.36. The van der Waals surface area contributed by atoms with Crippen LogP contribution in [0.2, 0.25) is 0 Å². The van der Waals surface area contributed by atoms with E-state index in [0.29, 0.717) is 11.0 Å². The van der Waals surface area contributed by atoms with Crippen molar-refractivity contribution < 1.29 is 23.0 Å². The topological polar surface area (TPSA) is 84.6 Å². The summed E-state index contributed by atoms with van der Waals surface area (Å²) in [5.41, 5.74) is 4.89. The Labute approximate surface area is 78.4 Å². The lowest BCUT2D eigenvalue weighted by molar-refractivity contribution is -0.870. The van der Waals surface area contributed by atoms with Gasteiger partial charge in [-0.25, -0.2) is 0 Å². The van der Waals surface area contributed by atoms with Crippen molar-refractivity contribution in [1.29, 1.82) is 0 Å². The minimum atomic E-state index is -4.16. The number of likely N-dealkylation sites (N-methyl/N-ethyl adjacent to an activating group) is 1. The lowest BCUT2D eigenvalue weighted by Gasteiger charge is -2.26. The first-order chi connectivity index (χ1) is 5.77. The minimum Gasteiger partial charge on any atom is -0.756 e. The van der Waals surface area contributed by atoms with Crippen LogP contribution in [0.5, 0.6) is 0 Å². The van der Waals surface area contributed by atoms with E-state index in [4.69, 9.17) is 5.73 Å². The third-order valence-corrected chi connectivity index (χ3v) is 2.21. The lowest BCUT2D eigenvalue weighted by atomic mass is 10.5. The van der Waals surface area contributed by atoms with Crippen LogP contribution >= 0.6 is 7.82 Å². The molecule has 0 saturated heterocycles. The van der Waals surface area contributed by atoms with Gasteiger partial charge in [-0.1, -0.05) is 0 Å². The van der Waals surface area contributed by atoms with E-state index in [2.05, 4.69) is 9.05 Å². The molecule has 0 aromatic heterocycles. The first kappa shape index (κ1) is 13.0. The van der Waals surface area contributed by atoms with E-state index in [0.717, 1.165) is 0 Å². The van der Waals surface area contributed by atoms with Crippen molar-refractivity contribution in [2.45, 2.75) is 0 Å². The molecule has 0 fully saturated rings. The van der Waals surface area contributed by atoms with Gasteiger partial charge in [0.15, 0.2) is 0 Å². The van der Waals surface area contributed by atoms with Crippen LogP contribution in [-0.2, 0) is 13.6 Å². The molecule has 0 aliphatic carbocycles. The molecule has 0 aromatic carbocycles. The second kappa shape index (κ2) is 5.05. The van der Waals surface area contributed by atoms with Crippen LogP contribution in [0.4, 0.5) is 0 Å². The molecule has 0 aromatic rings. The highest BCUT2D eigenvalue weighted by molar-refractivity contribution is 7.45. The SMILES string of the molecule is C[N+](C)(C)CCOP(=O)([O-])OCN. The summed E-state index contributed by atoms with van der Waals surface area (Å²) in [5, 5.41) is 0. The van der Waals surface area contributed by atoms with Crippen molar-refractivity contribution in [1.82, 2.24) is 0 Å². The second-order valence-corrected chi connectivity index (χ2v) is 5.00. The molecule has 2 N–H and O–H groups in total. The van der Waals surface area contributed by atoms with E-state index < -0.39 is 7.82 Å². The van der Waals surface area contributed by atoms with Crippen molar-refractivity contribution >= 4 is 7.82 Å². The van der Waals surface area contributed by atoms with Crippen molar-refractivity contribution in [3.8, 4) is 0 Å². The molecule has 0 aliphatic heterocycles. The van der Waals surface area contributed by atoms with Crippen LogP contribution in [0, 0.1) is 0 Å². The molecule has 0 bridgehead atoms. The Morgan fingerprint density at radius 3 is 2.31 bits per heavy atom. The van der Waals surface area contributed by atoms with Gasteiger partial charge in [-0.3, -0.25) is 4.57 Å². The van der Waals surface area contributed by atoms with Crippen LogP contribution in [-0.4, -0.2) is 45.5 Å². The number of quaternary nitrogens is 1. The molecule has 0 heterocycles. The maximum Gasteiger partial charge on any atom is 0.269 e. The Morgan fingerprint density at radius 2 is 1.92 bits per heavy atom. The van der Waals surface area contributed by atoms with E-state index in [1.54, 1.807) is 0 Å². The van der Waals surface area contributed by atoms with Crippen LogP contribution in [0.3, 0.4) is 0 Å². The summed E-state index contributed by atoms with van der Waals surface area (Å²) in [4.78, 5) is 10.8. The summed E-state index contributed by atoms with van der Waals surface area (Å²) in [6.07, 6.45) is 0. The summed E-state index contributed by atoms with van der Waals surface area (Å²) in [6.45, 7) is 0.301. The Morgan fingerprint density at radius 1 is 1.38 bits per heavy atom. The molecular formula is C6H17N2O4P. The number of hydrogen-bond donors (Lipinski definition) is 1. The molecule has 80 valence electrons. The van der Waals surface area contributed by atoms with Gasteiger partial charge in [0.25, 0.3) is 7.82 Å². The first-order valence-electron chi connectivity index (χ1n) is 3.87. The molecule has 13 heavy (non-hydrogen) atoms. The Balaban J connectivity index is 3.70. The minimum absolute atomic E-state index is 0.101.